The van der Waals surface area contributed by atoms with Crippen LogP contribution in [0.3, 0.4) is 0 Å². The van der Waals surface area contributed by atoms with Crippen LogP contribution in [0.4, 0.5) is 4.39 Å². The Labute approximate surface area is 120 Å². The van der Waals surface area contributed by atoms with Gasteiger partial charge in [0.25, 0.3) is 0 Å². The molecule has 0 bridgehead atoms. The van der Waals surface area contributed by atoms with E-state index < -0.39 is 0 Å². The zero-order chi connectivity index (χ0) is 13.1. The monoisotopic (exact) mass is 326 g/mol. The molecule has 2 rings (SSSR count). The quantitative estimate of drug-likeness (QED) is 0.656. The lowest BCUT2D eigenvalue weighted by Crippen LogP contribution is -1.99. The number of benzene rings is 2. The summed E-state index contributed by atoms with van der Waals surface area (Å²) in [5.74, 6) is -0.339. The molecule has 0 aliphatic carbocycles. The van der Waals surface area contributed by atoms with Gasteiger partial charge in [0.05, 0.1) is 5.02 Å². The lowest BCUT2D eigenvalue weighted by atomic mass is 10.0. The molecule has 1 unspecified atom stereocenters. The Hall–Kier alpha value is -0.860. The van der Waals surface area contributed by atoms with Crippen molar-refractivity contribution in [3.8, 4) is 0 Å². The van der Waals surface area contributed by atoms with Crippen molar-refractivity contribution in [2.75, 3.05) is 0 Å². The second-order valence-electron chi connectivity index (χ2n) is 4.30. The number of rotatable bonds is 3. The average molecular weight is 328 g/mol. The second-order valence-corrected chi connectivity index (χ2v) is 5.82. The number of hydrogen-bond donors (Lipinski definition) is 0. The molecule has 2 aromatic rings. The molecule has 0 radical (unpaired) electrons. The highest BCUT2D eigenvalue weighted by atomic mass is 79.9. The number of alkyl halides is 1. The fourth-order valence-electron chi connectivity index (χ4n) is 1.92. The van der Waals surface area contributed by atoms with E-state index >= 15 is 0 Å². The van der Waals surface area contributed by atoms with E-state index in [0.717, 1.165) is 6.42 Å². The Morgan fingerprint density at radius 2 is 1.94 bits per heavy atom. The molecular formula is C15H13BrClF. The standard InChI is InChI=1S/C15H13BrClF/c1-10-4-2-5-11(8-10)9-13(16)12-6-3-7-14(17)15(12)18/h2-8,13H,9H2,1H3. The van der Waals surface area contributed by atoms with E-state index in [-0.39, 0.29) is 15.7 Å². The Balaban J connectivity index is 2.22. The van der Waals surface area contributed by atoms with Gasteiger partial charge in [0.15, 0.2) is 0 Å². The molecule has 0 aliphatic rings. The van der Waals surface area contributed by atoms with Crippen LogP contribution in [-0.2, 0) is 6.42 Å². The van der Waals surface area contributed by atoms with Crippen molar-refractivity contribution in [1.82, 2.24) is 0 Å². The first-order chi connectivity index (χ1) is 8.58. The van der Waals surface area contributed by atoms with Crippen LogP contribution in [0.2, 0.25) is 5.02 Å². The molecule has 0 aliphatic heterocycles. The van der Waals surface area contributed by atoms with E-state index in [2.05, 4.69) is 22.0 Å². The van der Waals surface area contributed by atoms with Crippen LogP contribution >= 0.6 is 27.5 Å². The first-order valence-electron chi connectivity index (χ1n) is 5.71. The van der Waals surface area contributed by atoms with Gasteiger partial charge in [-0.25, -0.2) is 4.39 Å². The molecule has 0 saturated heterocycles. The summed E-state index contributed by atoms with van der Waals surface area (Å²) in [5, 5.41) is 0.168. The fourth-order valence-corrected chi connectivity index (χ4v) is 2.83. The Bertz CT molecular complexity index is 554. The van der Waals surface area contributed by atoms with Crippen LogP contribution in [0, 0.1) is 12.7 Å². The van der Waals surface area contributed by atoms with Gasteiger partial charge < -0.3 is 0 Å². The summed E-state index contributed by atoms with van der Waals surface area (Å²) in [6, 6.07) is 13.3. The van der Waals surface area contributed by atoms with Crippen molar-refractivity contribution < 1.29 is 4.39 Å². The molecule has 0 spiro atoms. The van der Waals surface area contributed by atoms with Gasteiger partial charge in [-0.15, -0.1) is 0 Å². The first kappa shape index (κ1) is 13.6. The summed E-state index contributed by atoms with van der Waals surface area (Å²) in [5.41, 5.74) is 2.99. The van der Waals surface area contributed by atoms with Crippen LogP contribution in [0.5, 0.6) is 0 Å². The van der Waals surface area contributed by atoms with Gasteiger partial charge in [-0.3, -0.25) is 0 Å². The van der Waals surface area contributed by atoms with Crippen molar-refractivity contribution in [1.29, 1.82) is 0 Å². The minimum absolute atomic E-state index is 0.0713. The number of hydrogen-bond acceptors (Lipinski definition) is 0. The maximum absolute atomic E-state index is 13.9. The summed E-state index contributed by atoms with van der Waals surface area (Å²) in [6.45, 7) is 2.05. The summed E-state index contributed by atoms with van der Waals surface area (Å²) >= 11 is 9.32. The molecule has 0 N–H and O–H groups in total. The van der Waals surface area contributed by atoms with E-state index in [9.17, 15) is 4.39 Å². The summed E-state index contributed by atoms with van der Waals surface area (Å²) in [6.07, 6.45) is 0.735. The lowest BCUT2D eigenvalue weighted by molar-refractivity contribution is 0.608. The summed E-state index contributed by atoms with van der Waals surface area (Å²) in [4.78, 5) is -0.0713. The Kier molecular flexibility index (Phi) is 4.41. The van der Waals surface area contributed by atoms with Crippen molar-refractivity contribution in [3.05, 3.63) is 70.0 Å². The minimum Gasteiger partial charge on any atom is -0.205 e. The van der Waals surface area contributed by atoms with Crippen molar-refractivity contribution >= 4 is 27.5 Å². The van der Waals surface area contributed by atoms with Gasteiger partial charge in [0.1, 0.15) is 5.82 Å². The third-order valence-corrected chi connectivity index (χ3v) is 3.93. The predicted molar refractivity (Wildman–Crippen MR) is 78.0 cm³/mol. The molecule has 0 nitrogen and oxygen atoms in total. The van der Waals surface area contributed by atoms with Crippen LogP contribution < -0.4 is 0 Å². The third-order valence-electron chi connectivity index (χ3n) is 2.82. The van der Waals surface area contributed by atoms with E-state index in [1.54, 1.807) is 18.2 Å². The number of halogens is 3. The summed E-state index contributed by atoms with van der Waals surface area (Å²) < 4.78 is 13.9. The molecule has 0 aromatic heterocycles. The molecule has 0 fully saturated rings. The first-order valence-corrected chi connectivity index (χ1v) is 7.01. The van der Waals surface area contributed by atoms with Crippen LogP contribution in [0.1, 0.15) is 21.5 Å². The Morgan fingerprint density at radius 1 is 1.22 bits per heavy atom. The highest BCUT2D eigenvalue weighted by Gasteiger charge is 2.15. The van der Waals surface area contributed by atoms with Crippen LogP contribution in [0.15, 0.2) is 42.5 Å². The van der Waals surface area contributed by atoms with Gasteiger partial charge in [-0.2, -0.15) is 0 Å². The predicted octanol–water partition coefficient (Wildman–Crippen LogP) is 5.47. The molecule has 0 amide bonds. The van der Waals surface area contributed by atoms with Crippen LogP contribution in [-0.4, -0.2) is 0 Å². The molecule has 0 heterocycles. The van der Waals surface area contributed by atoms with Gasteiger partial charge >= 0.3 is 0 Å². The lowest BCUT2D eigenvalue weighted by Gasteiger charge is -2.12. The second kappa shape index (κ2) is 5.85. The minimum atomic E-state index is -0.339. The zero-order valence-electron chi connectivity index (χ0n) is 9.96. The van der Waals surface area contributed by atoms with Crippen molar-refractivity contribution in [2.45, 2.75) is 18.2 Å². The van der Waals surface area contributed by atoms with E-state index in [1.165, 1.54) is 11.1 Å². The van der Waals surface area contributed by atoms with Crippen LogP contribution in [0.25, 0.3) is 0 Å². The molecular weight excluding hydrogens is 315 g/mol. The van der Waals surface area contributed by atoms with Gasteiger partial charge in [-0.1, -0.05) is 69.5 Å². The third kappa shape index (κ3) is 3.12. The molecule has 1 atom stereocenters. The molecule has 18 heavy (non-hydrogen) atoms. The summed E-state index contributed by atoms with van der Waals surface area (Å²) in [7, 11) is 0. The average Bonchev–Trinajstić information content (AvgIpc) is 2.32. The smallest absolute Gasteiger partial charge is 0.146 e. The molecule has 3 heteroatoms. The SMILES string of the molecule is Cc1cccc(CC(Br)c2cccc(Cl)c2F)c1. The van der Waals surface area contributed by atoms with Gasteiger partial charge in [0.2, 0.25) is 0 Å². The molecule has 94 valence electrons. The maximum atomic E-state index is 13.9. The van der Waals surface area contributed by atoms with E-state index in [0.29, 0.717) is 5.56 Å². The van der Waals surface area contributed by atoms with E-state index in [4.69, 9.17) is 11.6 Å². The van der Waals surface area contributed by atoms with Crippen molar-refractivity contribution in [3.63, 3.8) is 0 Å². The zero-order valence-corrected chi connectivity index (χ0v) is 12.3. The molecule has 2 aromatic carbocycles. The highest BCUT2D eigenvalue weighted by Crippen LogP contribution is 2.31. The highest BCUT2D eigenvalue weighted by molar-refractivity contribution is 9.09. The van der Waals surface area contributed by atoms with Crippen molar-refractivity contribution in [2.24, 2.45) is 0 Å². The van der Waals surface area contributed by atoms with Gasteiger partial charge in [0, 0.05) is 10.4 Å². The van der Waals surface area contributed by atoms with Gasteiger partial charge in [-0.05, 0) is 25.0 Å². The fraction of sp³-hybridized carbons (Fsp3) is 0.200. The Morgan fingerprint density at radius 3 is 2.67 bits per heavy atom. The maximum Gasteiger partial charge on any atom is 0.146 e. The largest absolute Gasteiger partial charge is 0.205 e. The molecule has 0 saturated carbocycles. The van der Waals surface area contributed by atoms with E-state index in [1.807, 2.05) is 25.1 Å². The normalized spacial score (nSPS) is 12.4. The number of aryl methyl sites for hydroxylation is 1. The topological polar surface area (TPSA) is 0 Å².